The van der Waals surface area contributed by atoms with Gasteiger partial charge in [-0.15, -0.1) is 0 Å². The number of esters is 2. The number of nitrogens with zero attached hydrogens (tertiary/aromatic N) is 1. The zero-order valence-electron chi connectivity index (χ0n) is 30.3. The number of halogens is 5. The van der Waals surface area contributed by atoms with Crippen molar-refractivity contribution in [3.05, 3.63) is 116 Å². The minimum atomic E-state index is -4.47. The second kappa shape index (κ2) is 17.8. The third-order valence-electron chi connectivity index (χ3n) is 10.3. The molecule has 11 nitrogen and oxygen atoms in total. The molecule has 2 bridgehead atoms. The predicted octanol–water partition coefficient (Wildman–Crippen LogP) is 7.65. The fourth-order valence-electron chi connectivity index (χ4n) is 6.99. The fraction of sp³-hybridized carbons (Fsp3) is 0.375. The molecule has 302 valence electrons. The molecule has 1 unspecified atom stereocenters. The van der Waals surface area contributed by atoms with Crippen molar-refractivity contribution in [2.75, 3.05) is 26.2 Å². The number of benzene rings is 3. The van der Waals surface area contributed by atoms with Crippen LogP contribution >= 0.6 is 34.8 Å². The average molecular weight is 866 g/mol. The van der Waals surface area contributed by atoms with Gasteiger partial charge in [0.25, 0.3) is 0 Å². The number of rotatable bonds is 16. The van der Waals surface area contributed by atoms with Crippen LogP contribution in [0.5, 0.6) is 11.5 Å². The second-order valence-electron chi connectivity index (χ2n) is 14.3. The number of H-pyrrole nitrogens is 1. The third-order valence-corrected chi connectivity index (χ3v) is 12.7. The van der Waals surface area contributed by atoms with Crippen LogP contribution in [0.4, 0.5) is 8.78 Å². The molecule has 1 aliphatic carbocycles. The number of fused-ring (bicyclic) bond motifs is 3. The van der Waals surface area contributed by atoms with E-state index in [1.807, 2.05) is 0 Å². The highest BCUT2D eigenvalue weighted by Gasteiger charge is 2.39. The Kier molecular flexibility index (Phi) is 12.9. The first-order valence-electron chi connectivity index (χ1n) is 18.4. The van der Waals surface area contributed by atoms with E-state index in [0.717, 1.165) is 44.8 Å². The molecule has 4 fully saturated rings. The molecular weight excluding hydrogens is 827 g/mol. The highest BCUT2D eigenvalue weighted by atomic mass is 35.5. The molecule has 3 aromatic carbocycles. The molecule has 0 radical (unpaired) electrons. The summed E-state index contributed by atoms with van der Waals surface area (Å²) in [5.74, 6) is -1.38. The van der Waals surface area contributed by atoms with Crippen LogP contribution in [0.1, 0.15) is 64.9 Å². The zero-order chi connectivity index (χ0) is 40.3. The maximum atomic E-state index is 14.0. The quantitative estimate of drug-likeness (QED) is 0.113. The van der Waals surface area contributed by atoms with Crippen molar-refractivity contribution in [3.63, 3.8) is 0 Å². The summed E-state index contributed by atoms with van der Waals surface area (Å²) in [5, 5.41) is 0.880. The van der Waals surface area contributed by atoms with Gasteiger partial charge in [0.05, 0.1) is 17.1 Å². The monoisotopic (exact) mass is 864 g/mol. The summed E-state index contributed by atoms with van der Waals surface area (Å²) in [6.45, 7) is -0.398. The lowest BCUT2D eigenvalue weighted by Gasteiger charge is -2.44. The number of sulfonamides is 1. The summed E-state index contributed by atoms with van der Waals surface area (Å²) in [5.41, 5.74) is 0.937. The van der Waals surface area contributed by atoms with Gasteiger partial charge in [-0.25, -0.2) is 23.0 Å². The Morgan fingerprint density at radius 3 is 2.25 bits per heavy atom. The molecule has 3 saturated heterocycles. The van der Waals surface area contributed by atoms with Gasteiger partial charge in [0.1, 0.15) is 28.3 Å². The normalized spacial score (nSPS) is 20.1. The Morgan fingerprint density at radius 1 is 0.895 bits per heavy atom. The van der Waals surface area contributed by atoms with Crippen molar-refractivity contribution in [2.24, 2.45) is 11.8 Å². The van der Waals surface area contributed by atoms with Crippen LogP contribution in [0.3, 0.4) is 0 Å². The number of hydrogen-bond donors (Lipinski definition) is 1. The summed E-state index contributed by atoms with van der Waals surface area (Å²) in [6, 6.07) is 14.1. The lowest BCUT2D eigenvalue weighted by Crippen LogP contribution is -2.52. The van der Waals surface area contributed by atoms with E-state index in [0.29, 0.717) is 28.3 Å². The minimum Gasteiger partial charge on any atom is -0.489 e. The van der Waals surface area contributed by atoms with E-state index in [2.05, 4.69) is 14.6 Å². The Balaban J connectivity index is 1.15. The van der Waals surface area contributed by atoms with Crippen molar-refractivity contribution in [1.29, 1.82) is 0 Å². The van der Waals surface area contributed by atoms with Gasteiger partial charge in [0.15, 0.2) is 23.9 Å². The topological polar surface area (TPSA) is 135 Å². The lowest BCUT2D eigenvalue weighted by atomic mass is 9.86. The number of nitrogens with one attached hydrogen (secondary N) is 2. The van der Waals surface area contributed by atoms with Gasteiger partial charge >= 0.3 is 18.6 Å². The van der Waals surface area contributed by atoms with Crippen molar-refractivity contribution in [3.8, 4) is 11.5 Å². The Labute approximate surface area is 343 Å². The lowest BCUT2D eigenvalue weighted by molar-refractivity contribution is -0.377. The van der Waals surface area contributed by atoms with E-state index in [1.165, 1.54) is 48.8 Å². The first-order valence-corrected chi connectivity index (χ1v) is 21.0. The summed E-state index contributed by atoms with van der Waals surface area (Å²) in [4.78, 5) is 32.4. The number of pyridine rings is 1. The average Bonchev–Trinajstić information content (AvgIpc) is 4.03. The maximum Gasteiger partial charge on any atom is 0.387 e. The van der Waals surface area contributed by atoms with Crippen LogP contribution < -0.4 is 19.2 Å². The van der Waals surface area contributed by atoms with Gasteiger partial charge in [-0.3, -0.25) is 4.90 Å². The molecule has 0 amide bonds. The van der Waals surface area contributed by atoms with E-state index in [1.54, 1.807) is 24.3 Å². The molecule has 17 heteroatoms. The molecule has 0 spiro atoms. The highest BCUT2D eigenvalue weighted by molar-refractivity contribution is 7.89. The van der Waals surface area contributed by atoms with Gasteiger partial charge in [-0.2, -0.15) is 13.5 Å². The maximum absolute atomic E-state index is 14.0. The molecule has 3 atom stereocenters. The number of hydrogen-bond acceptors (Lipinski definition) is 9. The predicted molar refractivity (Wildman–Crippen MR) is 206 cm³/mol. The zero-order valence-corrected chi connectivity index (χ0v) is 33.4. The molecule has 1 saturated carbocycles. The second-order valence-corrected chi connectivity index (χ2v) is 17.3. The molecule has 1 aromatic heterocycles. The summed E-state index contributed by atoms with van der Waals surface area (Å²) in [7, 11) is -4.47. The van der Waals surface area contributed by atoms with Crippen LogP contribution in [-0.2, 0) is 30.7 Å². The molecule has 4 heterocycles. The number of piperidine rings is 3. The van der Waals surface area contributed by atoms with Gasteiger partial charge < -0.3 is 18.9 Å². The summed E-state index contributed by atoms with van der Waals surface area (Å²) < 4.78 is 79.6. The highest BCUT2D eigenvalue weighted by Crippen LogP contribution is 2.38. The third kappa shape index (κ3) is 10.3. The SMILES string of the molecule is O=C(O[C@@H](Cc1c(Cl)c[nH+]cc1Cl)c1ccc(OC(F)F)c(OCC2CC2)c1)c1cccc(S(=O)(=O)NC(C(=O)O[C@H]2CN3CCC2CC3)c2ccc(Cl)cc2)c1. The van der Waals surface area contributed by atoms with Crippen LogP contribution in [0.2, 0.25) is 15.1 Å². The van der Waals surface area contributed by atoms with E-state index in [-0.39, 0.29) is 63.0 Å². The van der Waals surface area contributed by atoms with E-state index >= 15 is 0 Å². The fourth-order valence-corrected chi connectivity index (χ4v) is 8.86. The molecule has 57 heavy (non-hydrogen) atoms. The van der Waals surface area contributed by atoms with Crippen LogP contribution in [0, 0.1) is 11.8 Å². The van der Waals surface area contributed by atoms with E-state index in [9.17, 15) is 26.8 Å². The molecule has 4 aromatic rings. The molecule has 8 rings (SSSR count). The van der Waals surface area contributed by atoms with Crippen molar-refractivity contribution < 1.29 is 50.7 Å². The van der Waals surface area contributed by atoms with Crippen molar-refractivity contribution in [1.82, 2.24) is 9.62 Å². The number of aromatic nitrogens is 1. The molecular formula is C40H39Cl3F2N3O8S+. The Morgan fingerprint density at radius 2 is 1.60 bits per heavy atom. The standard InChI is InChI=1S/C40H38Cl3F2N3O8S/c41-28-9-6-25(7-10-28)37(39(50)55-36-21-48-14-12-24(36)13-15-48)47-57(51,52)29-3-1-2-27(16-29)38(49)54-34(18-30-31(42)19-46-20-32(30)43)26-8-11-33(56-40(44)45)35(17-26)53-22-23-4-5-23/h1-3,6-11,16-17,19-20,23-24,34,36-37,40,47H,4-5,12-15,18,21-22H2/p+1/t34-,36-,37?/m0/s1. The van der Waals surface area contributed by atoms with Crippen molar-refractivity contribution >= 4 is 56.8 Å². The number of carbonyl (C=O) groups is 2. The molecule has 2 N–H and O–H groups in total. The smallest absolute Gasteiger partial charge is 0.387 e. The number of alkyl halides is 2. The van der Waals surface area contributed by atoms with E-state index < -0.39 is 40.7 Å². The minimum absolute atomic E-state index is 0.0285. The van der Waals surface area contributed by atoms with Gasteiger partial charge in [-0.1, -0.05) is 59.1 Å². The van der Waals surface area contributed by atoms with Gasteiger partial charge in [-0.05, 0) is 104 Å². The van der Waals surface area contributed by atoms with Gasteiger partial charge in [0, 0.05) is 23.6 Å². The van der Waals surface area contributed by atoms with Crippen LogP contribution in [-0.4, -0.2) is 64.2 Å². The number of carbonyl (C=O) groups excluding carboxylic acids is 2. The largest absolute Gasteiger partial charge is 0.489 e. The molecule has 3 aliphatic heterocycles. The van der Waals surface area contributed by atoms with Crippen LogP contribution in [0.15, 0.2) is 84.0 Å². The Hall–Kier alpha value is -4.05. The first-order chi connectivity index (χ1) is 27.3. The summed E-state index contributed by atoms with van der Waals surface area (Å²) >= 11 is 19.1. The first kappa shape index (κ1) is 41.1. The van der Waals surface area contributed by atoms with E-state index in [4.69, 9.17) is 53.8 Å². The Bertz CT molecular complexity index is 2190. The van der Waals surface area contributed by atoms with Gasteiger partial charge in [0.2, 0.25) is 10.0 Å². The summed E-state index contributed by atoms with van der Waals surface area (Å²) in [6.07, 6.45) is 5.11. The van der Waals surface area contributed by atoms with Crippen LogP contribution in [0.25, 0.3) is 0 Å². The van der Waals surface area contributed by atoms with Crippen molar-refractivity contribution in [2.45, 2.75) is 61.9 Å². The number of ether oxygens (including phenoxy) is 4. The molecule has 4 aliphatic rings. The number of aromatic amines is 1.